The van der Waals surface area contributed by atoms with Crippen molar-refractivity contribution in [1.29, 1.82) is 0 Å². The topological polar surface area (TPSA) is 52.6 Å². The SMILES string of the molecule is C=CC1CC(C(=O)OC)C(=O)O1. The van der Waals surface area contributed by atoms with Crippen LogP contribution in [0.5, 0.6) is 0 Å². The maximum absolute atomic E-state index is 11.0. The van der Waals surface area contributed by atoms with Crippen LogP contribution in [0.2, 0.25) is 0 Å². The van der Waals surface area contributed by atoms with Crippen molar-refractivity contribution in [3.8, 4) is 0 Å². The van der Waals surface area contributed by atoms with Gasteiger partial charge in [0.05, 0.1) is 7.11 Å². The van der Waals surface area contributed by atoms with Gasteiger partial charge in [0.15, 0.2) is 5.92 Å². The van der Waals surface area contributed by atoms with Crippen molar-refractivity contribution in [1.82, 2.24) is 0 Å². The summed E-state index contributed by atoms with van der Waals surface area (Å²) in [5, 5.41) is 0. The fraction of sp³-hybridized carbons (Fsp3) is 0.500. The number of carbonyl (C=O) groups excluding carboxylic acids is 2. The minimum absolute atomic E-state index is 0.342. The van der Waals surface area contributed by atoms with E-state index < -0.39 is 17.9 Å². The lowest BCUT2D eigenvalue weighted by Gasteiger charge is -2.00. The predicted molar refractivity (Wildman–Crippen MR) is 40.2 cm³/mol. The van der Waals surface area contributed by atoms with Crippen molar-refractivity contribution in [3.63, 3.8) is 0 Å². The second-order valence-electron chi connectivity index (χ2n) is 2.52. The average Bonchev–Trinajstić information content (AvgIpc) is 2.45. The largest absolute Gasteiger partial charge is 0.468 e. The number of cyclic esters (lactones) is 1. The number of esters is 2. The van der Waals surface area contributed by atoms with Crippen LogP contribution in [-0.4, -0.2) is 25.2 Å². The van der Waals surface area contributed by atoms with E-state index in [9.17, 15) is 9.59 Å². The molecule has 1 aliphatic rings. The van der Waals surface area contributed by atoms with Crippen molar-refractivity contribution in [2.24, 2.45) is 5.92 Å². The highest BCUT2D eigenvalue weighted by atomic mass is 16.6. The standard InChI is InChI=1S/C8H10O4/c1-3-5-4-6(7(9)11-2)8(10)12-5/h3,5-6H,1,4H2,2H3. The van der Waals surface area contributed by atoms with Crippen molar-refractivity contribution >= 4 is 11.9 Å². The lowest BCUT2D eigenvalue weighted by Crippen LogP contribution is -2.20. The number of ether oxygens (including phenoxy) is 2. The van der Waals surface area contributed by atoms with Gasteiger partial charge in [-0.05, 0) is 0 Å². The fourth-order valence-corrected chi connectivity index (χ4v) is 1.09. The third kappa shape index (κ3) is 1.47. The summed E-state index contributed by atoms with van der Waals surface area (Å²) in [6, 6.07) is 0. The minimum atomic E-state index is -0.766. The van der Waals surface area contributed by atoms with Gasteiger partial charge in [-0.3, -0.25) is 9.59 Å². The molecule has 2 unspecified atom stereocenters. The van der Waals surface area contributed by atoms with E-state index in [2.05, 4.69) is 11.3 Å². The quantitative estimate of drug-likeness (QED) is 0.339. The van der Waals surface area contributed by atoms with E-state index in [1.54, 1.807) is 0 Å². The molecule has 1 heterocycles. The van der Waals surface area contributed by atoms with Crippen LogP contribution >= 0.6 is 0 Å². The van der Waals surface area contributed by atoms with Gasteiger partial charge in [-0.1, -0.05) is 12.7 Å². The molecule has 0 N–H and O–H groups in total. The highest BCUT2D eigenvalue weighted by molar-refractivity contribution is 5.96. The zero-order chi connectivity index (χ0) is 9.14. The third-order valence-electron chi connectivity index (χ3n) is 1.77. The Morgan fingerprint density at radius 3 is 2.92 bits per heavy atom. The van der Waals surface area contributed by atoms with Gasteiger partial charge in [0.25, 0.3) is 0 Å². The lowest BCUT2D eigenvalue weighted by atomic mass is 10.1. The molecule has 2 atom stereocenters. The summed E-state index contributed by atoms with van der Waals surface area (Å²) in [6.45, 7) is 3.47. The van der Waals surface area contributed by atoms with E-state index in [4.69, 9.17) is 4.74 Å². The summed E-state index contributed by atoms with van der Waals surface area (Å²) >= 11 is 0. The van der Waals surface area contributed by atoms with Gasteiger partial charge in [-0.15, -0.1) is 0 Å². The van der Waals surface area contributed by atoms with Gasteiger partial charge >= 0.3 is 11.9 Å². The number of hydrogen-bond donors (Lipinski definition) is 0. The zero-order valence-electron chi connectivity index (χ0n) is 6.78. The summed E-state index contributed by atoms with van der Waals surface area (Å²) in [5.74, 6) is -1.82. The van der Waals surface area contributed by atoms with Crippen LogP contribution in [-0.2, 0) is 19.1 Å². The third-order valence-corrected chi connectivity index (χ3v) is 1.77. The Labute approximate surface area is 70.1 Å². The number of hydrogen-bond acceptors (Lipinski definition) is 4. The number of methoxy groups -OCH3 is 1. The molecular weight excluding hydrogens is 160 g/mol. The van der Waals surface area contributed by atoms with Crippen LogP contribution in [0.15, 0.2) is 12.7 Å². The van der Waals surface area contributed by atoms with Crippen LogP contribution in [0, 0.1) is 5.92 Å². The molecule has 1 fully saturated rings. The Morgan fingerprint density at radius 1 is 1.83 bits per heavy atom. The number of carbonyl (C=O) groups is 2. The molecule has 0 radical (unpaired) electrons. The van der Waals surface area contributed by atoms with Crippen molar-refractivity contribution in [3.05, 3.63) is 12.7 Å². The first-order chi connectivity index (χ1) is 5.69. The molecular formula is C8H10O4. The second-order valence-corrected chi connectivity index (χ2v) is 2.52. The summed E-state index contributed by atoms with van der Waals surface area (Å²) in [6.07, 6.45) is 1.50. The summed E-state index contributed by atoms with van der Waals surface area (Å²) in [7, 11) is 1.25. The number of rotatable bonds is 2. The Hall–Kier alpha value is -1.32. The highest BCUT2D eigenvalue weighted by Crippen LogP contribution is 2.22. The van der Waals surface area contributed by atoms with Gasteiger partial charge in [0, 0.05) is 6.42 Å². The average molecular weight is 170 g/mol. The fourth-order valence-electron chi connectivity index (χ4n) is 1.09. The van der Waals surface area contributed by atoms with E-state index in [1.165, 1.54) is 13.2 Å². The predicted octanol–water partition coefficient (Wildman–Crippen LogP) is 0.277. The molecule has 4 nitrogen and oxygen atoms in total. The molecule has 4 heteroatoms. The van der Waals surface area contributed by atoms with Crippen LogP contribution in [0.25, 0.3) is 0 Å². The maximum atomic E-state index is 11.0. The smallest absolute Gasteiger partial charge is 0.321 e. The molecule has 1 aliphatic heterocycles. The van der Waals surface area contributed by atoms with E-state index in [0.717, 1.165) is 0 Å². The molecule has 0 saturated carbocycles. The van der Waals surface area contributed by atoms with Crippen molar-refractivity contribution in [2.75, 3.05) is 7.11 Å². The molecule has 0 aliphatic carbocycles. The summed E-state index contributed by atoms with van der Waals surface area (Å²) in [4.78, 5) is 21.9. The van der Waals surface area contributed by atoms with Crippen LogP contribution < -0.4 is 0 Å². The first-order valence-electron chi connectivity index (χ1n) is 3.60. The minimum Gasteiger partial charge on any atom is -0.468 e. The molecule has 0 amide bonds. The Bertz CT molecular complexity index is 221. The van der Waals surface area contributed by atoms with Crippen LogP contribution in [0.3, 0.4) is 0 Å². The monoisotopic (exact) mass is 170 g/mol. The highest BCUT2D eigenvalue weighted by Gasteiger charge is 2.38. The van der Waals surface area contributed by atoms with Crippen molar-refractivity contribution in [2.45, 2.75) is 12.5 Å². The van der Waals surface area contributed by atoms with E-state index >= 15 is 0 Å². The summed E-state index contributed by atoms with van der Waals surface area (Å²) in [5.41, 5.74) is 0. The van der Waals surface area contributed by atoms with E-state index in [1.807, 2.05) is 0 Å². The van der Waals surface area contributed by atoms with Gasteiger partial charge in [-0.25, -0.2) is 0 Å². The Balaban J connectivity index is 2.63. The van der Waals surface area contributed by atoms with Crippen LogP contribution in [0.4, 0.5) is 0 Å². The molecule has 1 saturated heterocycles. The Kier molecular flexibility index (Phi) is 2.47. The first kappa shape index (κ1) is 8.77. The maximum Gasteiger partial charge on any atom is 0.321 e. The van der Waals surface area contributed by atoms with Gasteiger partial charge in [0.1, 0.15) is 6.10 Å². The lowest BCUT2D eigenvalue weighted by molar-refractivity contribution is -0.154. The molecule has 0 aromatic heterocycles. The molecule has 66 valence electrons. The van der Waals surface area contributed by atoms with E-state index in [-0.39, 0.29) is 6.10 Å². The summed E-state index contributed by atoms with van der Waals surface area (Å²) < 4.78 is 9.21. The van der Waals surface area contributed by atoms with E-state index in [0.29, 0.717) is 6.42 Å². The first-order valence-corrected chi connectivity index (χ1v) is 3.60. The van der Waals surface area contributed by atoms with Gasteiger partial charge in [-0.2, -0.15) is 0 Å². The van der Waals surface area contributed by atoms with Gasteiger partial charge in [0.2, 0.25) is 0 Å². The zero-order valence-corrected chi connectivity index (χ0v) is 6.78. The molecule has 0 bridgehead atoms. The molecule has 0 aromatic rings. The molecule has 12 heavy (non-hydrogen) atoms. The molecule has 0 aromatic carbocycles. The second kappa shape index (κ2) is 3.38. The molecule has 1 rings (SSSR count). The van der Waals surface area contributed by atoms with Gasteiger partial charge < -0.3 is 9.47 Å². The van der Waals surface area contributed by atoms with Crippen LogP contribution in [0.1, 0.15) is 6.42 Å². The Morgan fingerprint density at radius 2 is 2.50 bits per heavy atom. The van der Waals surface area contributed by atoms with Crippen molar-refractivity contribution < 1.29 is 19.1 Å². The normalized spacial score (nSPS) is 27.9. The molecule has 0 spiro atoms.